The van der Waals surface area contributed by atoms with E-state index in [0.717, 1.165) is 6.29 Å². The minimum absolute atomic E-state index is 0.426. The Kier molecular flexibility index (Phi) is 2.58. The summed E-state index contributed by atoms with van der Waals surface area (Å²) in [6.45, 7) is 3.57. The molecule has 0 saturated heterocycles. The average molecular weight is 163 g/mol. The van der Waals surface area contributed by atoms with Crippen LogP contribution in [0.15, 0.2) is 18.8 Å². The van der Waals surface area contributed by atoms with Crippen LogP contribution in [0.25, 0.3) is 6.08 Å². The molecular formula is C9H9NO2. The molecule has 0 fully saturated rings. The van der Waals surface area contributed by atoms with Crippen LogP contribution in [-0.2, 0) is 0 Å². The fraction of sp³-hybridized carbons (Fsp3) is 0.111. The molecule has 1 aromatic heterocycles. The zero-order valence-corrected chi connectivity index (χ0v) is 6.78. The molecule has 1 aromatic rings. The van der Waals surface area contributed by atoms with E-state index in [1.807, 2.05) is 0 Å². The third-order valence-electron chi connectivity index (χ3n) is 1.51. The van der Waals surface area contributed by atoms with Gasteiger partial charge in [0.25, 0.3) is 0 Å². The summed E-state index contributed by atoms with van der Waals surface area (Å²) in [5.74, 6) is 0.426. The summed E-state index contributed by atoms with van der Waals surface area (Å²) in [6, 6.07) is 1.62. The van der Waals surface area contributed by atoms with Crippen molar-refractivity contribution < 1.29 is 9.53 Å². The molecule has 0 aromatic carbocycles. The number of carbonyl (C=O) groups excluding carboxylic acids is 1. The summed E-state index contributed by atoms with van der Waals surface area (Å²) in [7, 11) is 1.50. The van der Waals surface area contributed by atoms with Crippen molar-refractivity contribution in [3.05, 3.63) is 30.0 Å². The van der Waals surface area contributed by atoms with Crippen LogP contribution in [0, 0.1) is 0 Å². The maximum absolute atomic E-state index is 10.5. The van der Waals surface area contributed by atoms with Crippen molar-refractivity contribution in [3.8, 4) is 5.88 Å². The van der Waals surface area contributed by atoms with E-state index in [0.29, 0.717) is 17.0 Å². The van der Waals surface area contributed by atoms with E-state index in [1.165, 1.54) is 13.3 Å². The number of hydrogen-bond acceptors (Lipinski definition) is 3. The number of ether oxygens (including phenoxy) is 1. The van der Waals surface area contributed by atoms with Crippen LogP contribution in [-0.4, -0.2) is 18.4 Å². The standard InChI is InChI=1S/C9H9NO2/c1-3-8-7(6-11)4-5-10-9(8)12-2/h3-6H,1H2,2H3. The lowest BCUT2D eigenvalue weighted by molar-refractivity contribution is 0.112. The predicted octanol–water partition coefficient (Wildman–Crippen LogP) is 1.55. The molecule has 0 bridgehead atoms. The van der Waals surface area contributed by atoms with Gasteiger partial charge >= 0.3 is 0 Å². The maximum atomic E-state index is 10.5. The Bertz CT molecular complexity index is 307. The van der Waals surface area contributed by atoms with E-state index in [1.54, 1.807) is 12.1 Å². The third kappa shape index (κ3) is 1.34. The van der Waals surface area contributed by atoms with E-state index < -0.39 is 0 Å². The molecule has 3 heteroatoms. The molecule has 0 saturated carbocycles. The highest BCUT2D eigenvalue weighted by Gasteiger charge is 2.04. The van der Waals surface area contributed by atoms with Gasteiger partial charge in [0, 0.05) is 17.3 Å². The van der Waals surface area contributed by atoms with Gasteiger partial charge in [-0.1, -0.05) is 12.7 Å². The summed E-state index contributed by atoms with van der Waals surface area (Å²) in [5, 5.41) is 0. The van der Waals surface area contributed by atoms with Gasteiger partial charge in [-0.3, -0.25) is 4.79 Å². The van der Waals surface area contributed by atoms with Crippen molar-refractivity contribution in [3.63, 3.8) is 0 Å². The van der Waals surface area contributed by atoms with E-state index in [-0.39, 0.29) is 0 Å². The molecule has 1 heterocycles. The fourth-order valence-corrected chi connectivity index (χ4v) is 0.939. The van der Waals surface area contributed by atoms with Gasteiger partial charge in [-0.05, 0) is 6.07 Å². The molecule has 0 aliphatic heterocycles. The van der Waals surface area contributed by atoms with Gasteiger partial charge in [-0.15, -0.1) is 0 Å². The number of aldehydes is 1. The number of hydrogen-bond donors (Lipinski definition) is 0. The summed E-state index contributed by atoms with van der Waals surface area (Å²) in [5.41, 5.74) is 1.17. The topological polar surface area (TPSA) is 39.2 Å². The van der Waals surface area contributed by atoms with Gasteiger partial charge in [0.15, 0.2) is 6.29 Å². The Morgan fingerprint density at radius 3 is 2.92 bits per heavy atom. The third-order valence-corrected chi connectivity index (χ3v) is 1.51. The minimum atomic E-state index is 0.426. The molecule has 12 heavy (non-hydrogen) atoms. The Morgan fingerprint density at radius 1 is 1.67 bits per heavy atom. The zero-order valence-electron chi connectivity index (χ0n) is 6.78. The zero-order chi connectivity index (χ0) is 8.97. The first kappa shape index (κ1) is 8.46. The van der Waals surface area contributed by atoms with Crippen molar-refractivity contribution in [1.29, 1.82) is 0 Å². The number of rotatable bonds is 3. The Hall–Kier alpha value is -1.64. The molecule has 0 N–H and O–H groups in total. The highest BCUT2D eigenvalue weighted by molar-refractivity contribution is 5.82. The largest absolute Gasteiger partial charge is 0.481 e. The number of methoxy groups -OCH3 is 1. The Labute approximate surface area is 70.7 Å². The quantitative estimate of drug-likeness (QED) is 0.634. The summed E-state index contributed by atoms with van der Waals surface area (Å²) < 4.78 is 4.94. The van der Waals surface area contributed by atoms with Crippen LogP contribution in [0.3, 0.4) is 0 Å². The number of nitrogens with zero attached hydrogens (tertiary/aromatic N) is 1. The monoisotopic (exact) mass is 163 g/mol. The molecule has 0 radical (unpaired) electrons. The van der Waals surface area contributed by atoms with Crippen LogP contribution in [0.2, 0.25) is 0 Å². The van der Waals surface area contributed by atoms with E-state index >= 15 is 0 Å². The lowest BCUT2D eigenvalue weighted by Gasteiger charge is -2.03. The van der Waals surface area contributed by atoms with Crippen LogP contribution in [0.1, 0.15) is 15.9 Å². The van der Waals surface area contributed by atoms with Crippen LogP contribution in [0.4, 0.5) is 0 Å². The highest BCUT2D eigenvalue weighted by atomic mass is 16.5. The van der Waals surface area contributed by atoms with Crippen molar-refractivity contribution in [2.45, 2.75) is 0 Å². The molecule has 0 spiro atoms. The van der Waals surface area contributed by atoms with Crippen molar-refractivity contribution in [1.82, 2.24) is 4.98 Å². The first-order valence-corrected chi connectivity index (χ1v) is 3.44. The first-order chi connectivity index (χ1) is 5.83. The Morgan fingerprint density at radius 2 is 2.42 bits per heavy atom. The number of aromatic nitrogens is 1. The van der Waals surface area contributed by atoms with Gasteiger partial charge in [0.05, 0.1) is 7.11 Å². The molecule has 3 nitrogen and oxygen atoms in total. The molecule has 62 valence electrons. The molecule has 0 atom stereocenters. The van der Waals surface area contributed by atoms with Gasteiger partial charge in [0.1, 0.15) is 0 Å². The minimum Gasteiger partial charge on any atom is -0.481 e. The molecule has 0 aliphatic rings. The van der Waals surface area contributed by atoms with E-state index in [4.69, 9.17) is 4.74 Å². The molecule has 0 amide bonds. The van der Waals surface area contributed by atoms with Gasteiger partial charge < -0.3 is 4.74 Å². The molecule has 0 aliphatic carbocycles. The summed E-state index contributed by atoms with van der Waals surface area (Å²) in [6.07, 6.45) is 3.83. The van der Waals surface area contributed by atoms with Crippen LogP contribution in [0.5, 0.6) is 5.88 Å². The predicted molar refractivity (Wildman–Crippen MR) is 46.3 cm³/mol. The van der Waals surface area contributed by atoms with E-state index in [9.17, 15) is 4.79 Å². The molecule has 1 rings (SSSR count). The van der Waals surface area contributed by atoms with Crippen molar-refractivity contribution in [2.75, 3.05) is 7.11 Å². The molecule has 0 unspecified atom stereocenters. The van der Waals surface area contributed by atoms with Gasteiger partial charge in [-0.2, -0.15) is 0 Å². The second kappa shape index (κ2) is 3.67. The smallest absolute Gasteiger partial charge is 0.221 e. The van der Waals surface area contributed by atoms with Gasteiger partial charge in [0.2, 0.25) is 5.88 Å². The normalized spacial score (nSPS) is 9.08. The lowest BCUT2D eigenvalue weighted by Crippen LogP contribution is -1.94. The SMILES string of the molecule is C=Cc1c(C=O)ccnc1OC. The van der Waals surface area contributed by atoms with Gasteiger partial charge in [-0.25, -0.2) is 4.98 Å². The maximum Gasteiger partial charge on any atom is 0.221 e. The second-order valence-electron chi connectivity index (χ2n) is 2.15. The van der Waals surface area contributed by atoms with E-state index in [2.05, 4.69) is 11.6 Å². The summed E-state index contributed by atoms with van der Waals surface area (Å²) in [4.78, 5) is 14.4. The van der Waals surface area contributed by atoms with Crippen molar-refractivity contribution >= 4 is 12.4 Å². The average Bonchev–Trinajstić information content (AvgIpc) is 2.16. The second-order valence-corrected chi connectivity index (χ2v) is 2.15. The lowest BCUT2D eigenvalue weighted by atomic mass is 10.1. The number of carbonyl (C=O) groups is 1. The van der Waals surface area contributed by atoms with Crippen molar-refractivity contribution in [2.24, 2.45) is 0 Å². The molecular weight excluding hydrogens is 154 g/mol. The number of pyridine rings is 1. The first-order valence-electron chi connectivity index (χ1n) is 3.44. The highest BCUT2D eigenvalue weighted by Crippen LogP contribution is 2.18. The summed E-state index contributed by atoms with van der Waals surface area (Å²) >= 11 is 0. The fourth-order valence-electron chi connectivity index (χ4n) is 0.939. The van der Waals surface area contributed by atoms with Crippen LogP contribution < -0.4 is 4.74 Å². The Balaban J connectivity index is 3.31. The van der Waals surface area contributed by atoms with Crippen LogP contribution >= 0.6 is 0 Å².